The number of halogens is 1. The van der Waals surface area contributed by atoms with Gasteiger partial charge in [0.1, 0.15) is 11.5 Å². The third-order valence-electron chi connectivity index (χ3n) is 2.48. The molecule has 8 heteroatoms. The number of nitrogens with one attached hydrogen (secondary N) is 1. The molecule has 2 rings (SSSR count). The minimum absolute atomic E-state index is 0.0365. The quantitative estimate of drug-likeness (QED) is 0.454. The molecule has 0 aliphatic heterocycles. The van der Waals surface area contributed by atoms with Crippen LogP contribution in [0, 0.1) is 0 Å². The van der Waals surface area contributed by atoms with Gasteiger partial charge in [0.2, 0.25) is 0 Å². The lowest BCUT2D eigenvalue weighted by molar-refractivity contribution is 0.0697. The number of furan rings is 1. The third-order valence-corrected chi connectivity index (χ3v) is 2.88. The number of rotatable bonds is 4. The molecule has 108 valence electrons. The van der Waals surface area contributed by atoms with Gasteiger partial charge in [0.15, 0.2) is 5.11 Å². The predicted molar refractivity (Wildman–Crippen MR) is 83.6 cm³/mol. The summed E-state index contributed by atoms with van der Waals surface area (Å²) in [6, 6.07) is 7.97. The van der Waals surface area contributed by atoms with Gasteiger partial charge < -0.3 is 15.3 Å². The van der Waals surface area contributed by atoms with Crippen LogP contribution in [0.5, 0.6) is 0 Å². The minimum Gasteiger partial charge on any atom is -0.478 e. The molecule has 4 N–H and O–H groups in total. The summed E-state index contributed by atoms with van der Waals surface area (Å²) in [5, 5.41) is 12.9. The highest BCUT2D eigenvalue weighted by Crippen LogP contribution is 2.27. The lowest BCUT2D eigenvalue weighted by Gasteiger charge is -2.01. The van der Waals surface area contributed by atoms with Gasteiger partial charge in [-0.25, -0.2) is 4.79 Å². The number of carboxylic acid groups (broad SMARTS) is 1. The van der Waals surface area contributed by atoms with Crippen molar-refractivity contribution in [2.45, 2.75) is 0 Å². The molecule has 0 fully saturated rings. The average Bonchev–Trinajstić information content (AvgIpc) is 2.86. The smallest absolute Gasteiger partial charge is 0.337 e. The fourth-order valence-corrected chi connectivity index (χ4v) is 1.89. The van der Waals surface area contributed by atoms with Crippen LogP contribution in [0.3, 0.4) is 0 Å². The van der Waals surface area contributed by atoms with Crippen molar-refractivity contribution in [1.29, 1.82) is 0 Å². The second-order valence-corrected chi connectivity index (χ2v) is 4.78. The summed E-state index contributed by atoms with van der Waals surface area (Å²) >= 11 is 10.5. The highest BCUT2D eigenvalue weighted by atomic mass is 35.5. The molecular weight excluding hydrogens is 314 g/mol. The largest absolute Gasteiger partial charge is 0.478 e. The predicted octanol–water partition coefficient (Wildman–Crippen LogP) is 2.47. The van der Waals surface area contributed by atoms with Crippen molar-refractivity contribution >= 4 is 41.1 Å². The first-order valence-electron chi connectivity index (χ1n) is 5.69. The zero-order valence-corrected chi connectivity index (χ0v) is 12.1. The molecule has 1 aromatic heterocycles. The van der Waals surface area contributed by atoms with Gasteiger partial charge in [0.05, 0.1) is 16.8 Å². The maximum absolute atomic E-state index is 10.9. The number of carbonyl (C=O) groups is 1. The van der Waals surface area contributed by atoms with Crippen LogP contribution in [0.15, 0.2) is 39.9 Å². The van der Waals surface area contributed by atoms with E-state index in [1.165, 1.54) is 18.3 Å². The van der Waals surface area contributed by atoms with Crippen molar-refractivity contribution in [3.8, 4) is 11.3 Å². The zero-order valence-electron chi connectivity index (χ0n) is 10.5. The molecule has 0 bridgehead atoms. The van der Waals surface area contributed by atoms with Crippen LogP contribution in [0.1, 0.15) is 16.1 Å². The van der Waals surface area contributed by atoms with E-state index >= 15 is 0 Å². The molecule has 0 radical (unpaired) electrons. The Morgan fingerprint density at radius 3 is 2.81 bits per heavy atom. The highest BCUT2D eigenvalue weighted by Gasteiger charge is 2.11. The summed E-state index contributed by atoms with van der Waals surface area (Å²) < 4.78 is 5.53. The first-order valence-corrected chi connectivity index (χ1v) is 6.47. The summed E-state index contributed by atoms with van der Waals surface area (Å²) in [5.41, 5.74) is 8.32. The first kappa shape index (κ1) is 15.0. The van der Waals surface area contributed by atoms with Crippen molar-refractivity contribution in [3.05, 3.63) is 46.7 Å². The standard InChI is InChI=1S/C13H10ClN3O3S/c14-10-5-7(1-3-9(10)12(18)19)11-4-2-8(20-11)6-16-17-13(15)21/h1-6H,(H,18,19)(H3,15,17,21). The number of thiocarbonyl (C=S) groups is 1. The van der Waals surface area contributed by atoms with E-state index in [0.29, 0.717) is 17.1 Å². The molecular formula is C13H10ClN3O3S. The Bertz CT molecular complexity index is 727. The topological polar surface area (TPSA) is 101 Å². The Hall–Kier alpha value is -2.38. The van der Waals surface area contributed by atoms with Crippen molar-refractivity contribution in [2.75, 3.05) is 0 Å². The summed E-state index contributed by atoms with van der Waals surface area (Å²) in [7, 11) is 0. The van der Waals surface area contributed by atoms with Gasteiger partial charge in [0.25, 0.3) is 0 Å². The van der Waals surface area contributed by atoms with E-state index < -0.39 is 5.97 Å². The molecule has 0 spiro atoms. The number of carboxylic acids is 1. The van der Waals surface area contributed by atoms with Gasteiger partial charge in [0, 0.05) is 5.56 Å². The fraction of sp³-hybridized carbons (Fsp3) is 0. The second-order valence-electron chi connectivity index (χ2n) is 3.94. The monoisotopic (exact) mass is 323 g/mol. The van der Waals surface area contributed by atoms with Gasteiger partial charge in [-0.05, 0) is 36.5 Å². The maximum atomic E-state index is 10.9. The van der Waals surface area contributed by atoms with Crippen LogP contribution >= 0.6 is 23.8 Å². The van der Waals surface area contributed by atoms with E-state index in [4.69, 9.17) is 26.9 Å². The summed E-state index contributed by atoms with van der Waals surface area (Å²) in [5.74, 6) is -0.0690. The van der Waals surface area contributed by atoms with Gasteiger partial charge in [-0.2, -0.15) is 5.10 Å². The Balaban J connectivity index is 2.21. The van der Waals surface area contributed by atoms with Crippen LogP contribution in [0.25, 0.3) is 11.3 Å². The van der Waals surface area contributed by atoms with Crippen molar-refractivity contribution in [1.82, 2.24) is 5.43 Å². The Labute approximate surface area is 130 Å². The molecule has 0 unspecified atom stereocenters. The molecule has 1 aromatic carbocycles. The van der Waals surface area contributed by atoms with Gasteiger partial charge in [-0.3, -0.25) is 5.43 Å². The lowest BCUT2D eigenvalue weighted by atomic mass is 10.1. The first-order chi connectivity index (χ1) is 9.97. The molecule has 0 aliphatic rings. The van der Waals surface area contributed by atoms with E-state index in [2.05, 4.69) is 22.7 Å². The molecule has 0 atom stereocenters. The Morgan fingerprint density at radius 1 is 1.43 bits per heavy atom. The van der Waals surface area contributed by atoms with Gasteiger partial charge in [-0.1, -0.05) is 17.7 Å². The second kappa shape index (κ2) is 6.38. The molecule has 0 saturated heterocycles. The number of aromatic carboxylic acids is 1. The van der Waals surface area contributed by atoms with Crippen LogP contribution in [0.2, 0.25) is 5.02 Å². The van der Waals surface area contributed by atoms with E-state index in [1.54, 1.807) is 18.2 Å². The zero-order chi connectivity index (χ0) is 15.4. The van der Waals surface area contributed by atoms with Crippen LogP contribution in [-0.2, 0) is 0 Å². The highest BCUT2D eigenvalue weighted by molar-refractivity contribution is 7.80. The van der Waals surface area contributed by atoms with Gasteiger partial charge in [-0.15, -0.1) is 0 Å². The van der Waals surface area contributed by atoms with Gasteiger partial charge >= 0.3 is 5.97 Å². The van der Waals surface area contributed by atoms with Crippen LogP contribution in [-0.4, -0.2) is 22.4 Å². The van der Waals surface area contributed by atoms with Crippen molar-refractivity contribution in [3.63, 3.8) is 0 Å². The normalized spacial score (nSPS) is 10.7. The third kappa shape index (κ3) is 3.80. The number of hydrogen-bond acceptors (Lipinski definition) is 4. The molecule has 0 saturated carbocycles. The van der Waals surface area contributed by atoms with E-state index in [9.17, 15) is 4.79 Å². The number of nitrogens with zero attached hydrogens (tertiary/aromatic N) is 1. The van der Waals surface area contributed by atoms with Crippen molar-refractivity contribution < 1.29 is 14.3 Å². The number of hydrazone groups is 1. The fourth-order valence-electron chi connectivity index (χ4n) is 1.58. The van der Waals surface area contributed by atoms with E-state index in [-0.39, 0.29) is 15.7 Å². The minimum atomic E-state index is -1.08. The van der Waals surface area contributed by atoms with E-state index in [1.807, 2.05) is 0 Å². The van der Waals surface area contributed by atoms with Crippen LogP contribution < -0.4 is 11.2 Å². The number of benzene rings is 1. The Morgan fingerprint density at radius 2 is 2.19 bits per heavy atom. The van der Waals surface area contributed by atoms with Crippen LogP contribution in [0.4, 0.5) is 0 Å². The maximum Gasteiger partial charge on any atom is 0.337 e. The summed E-state index contributed by atoms with van der Waals surface area (Å²) in [6.07, 6.45) is 1.41. The molecule has 1 heterocycles. The molecule has 2 aromatic rings. The molecule has 21 heavy (non-hydrogen) atoms. The summed E-state index contributed by atoms with van der Waals surface area (Å²) in [4.78, 5) is 10.9. The summed E-state index contributed by atoms with van der Waals surface area (Å²) in [6.45, 7) is 0. The number of hydrogen-bond donors (Lipinski definition) is 3. The SMILES string of the molecule is NC(=S)NN=Cc1ccc(-c2ccc(C(=O)O)c(Cl)c2)o1. The van der Waals surface area contributed by atoms with E-state index in [0.717, 1.165) is 0 Å². The molecule has 6 nitrogen and oxygen atoms in total. The average molecular weight is 324 g/mol. The molecule has 0 aliphatic carbocycles. The molecule has 0 amide bonds. The lowest BCUT2D eigenvalue weighted by Crippen LogP contribution is -2.23. The number of nitrogens with two attached hydrogens (primary N) is 1. The Kier molecular flexibility index (Phi) is 4.56. The van der Waals surface area contributed by atoms with Crippen molar-refractivity contribution in [2.24, 2.45) is 10.8 Å².